The van der Waals surface area contributed by atoms with E-state index in [0.717, 1.165) is 17.0 Å². The second-order valence-electron chi connectivity index (χ2n) is 4.96. The van der Waals surface area contributed by atoms with E-state index in [0.29, 0.717) is 19.4 Å². The summed E-state index contributed by atoms with van der Waals surface area (Å²) in [6.07, 6.45) is 0.997. The number of hydrogen-bond donors (Lipinski definition) is 2. The predicted octanol–water partition coefficient (Wildman–Crippen LogP) is 0.610. The fourth-order valence-corrected chi connectivity index (χ4v) is 2.12. The van der Waals surface area contributed by atoms with E-state index in [1.807, 2.05) is 32.5 Å². The van der Waals surface area contributed by atoms with Gasteiger partial charge in [0.2, 0.25) is 11.8 Å². The minimum absolute atomic E-state index is 0.119. The largest absolute Gasteiger partial charge is 0.355 e. The summed E-state index contributed by atoms with van der Waals surface area (Å²) in [5.74, 6) is -0.277. The van der Waals surface area contributed by atoms with Gasteiger partial charge < -0.3 is 10.6 Å². The minimum atomic E-state index is -0.501. The molecule has 2 N–H and O–H groups in total. The molecule has 0 spiro atoms. The van der Waals surface area contributed by atoms with Gasteiger partial charge in [-0.25, -0.2) is 0 Å². The summed E-state index contributed by atoms with van der Waals surface area (Å²) in [4.78, 5) is 23.4. The quantitative estimate of drug-likeness (QED) is 0.801. The molecule has 1 heterocycles. The molecule has 20 heavy (non-hydrogen) atoms. The number of nitrogens with zero attached hydrogens (tertiary/aromatic N) is 2. The van der Waals surface area contributed by atoms with Gasteiger partial charge in [0.05, 0.1) is 5.69 Å². The molecule has 1 aromatic heterocycles. The Morgan fingerprint density at radius 3 is 2.50 bits per heavy atom. The number of carbonyl (C=O) groups excluding carboxylic acids is 2. The first kappa shape index (κ1) is 16.2. The summed E-state index contributed by atoms with van der Waals surface area (Å²) in [6, 6.07) is -0.501. The molecule has 0 fully saturated rings. The zero-order chi connectivity index (χ0) is 15.3. The van der Waals surface area contributed by atoms with Crippen LogP contribution < -0.4 is 10.6 Å². The van der Waals surface area contributed by atoms with Crippen LogP contribution in [0, 0.1) is 13.8 Å². The van der Waals surface area contributed by atoms with Gasteiger partial charge in [-0.3, -0.25) is 14.3 Å². The first-order chi connectivity index (χ1) is 9.36. The molecule has 0 saturated heterocycles. The molecular formula is C14H24N4O2. The Hall–Kier alpha value is -1.85. The molecule has 0 aliphatic heterocycles. The average Bonchev–Trinajstić information content (AvgIpc) is 2.61. The molecule has 0 aliphatic carbocycles. The summed E-state index contributed by atoms with van der Waals surface area (Å²) in [5.41, 5.74) is 3.13. The van der Waals surface area contributed by atoms with Gasteiger partial charge in [0.1, 0.15) is 6.04 Å². The summed E-state index contributed by atoms with van der Waals surface area (Å²) in [5, 5.41) is 9.70. The Labute approximate surface area is 119 Å². The minimum Gasteiger partial charge on any atom is -0.355 e. The number of hydrogen-bond acceptors (Lipinski definition) is 3. The third-order valence-corrected chi connectivity index (χ3v) is 3.38. The Morgan fingerprint density at radius 2 is 2.00 bits per heavy atom. The molecule has 0 radical (unpaired) electrons. The summed E-state index contributed by atoms with van der Waals surface area (Å²) >= 11 is 0. The lowest BCUT2D eigenvalue weighted by molar-refractivity contribution is -0.128. The summed E-state index contributed by atoms with van der Waals surface area (Å²) in [7, 11) is 1.89. The standard InChI is InChI=1S/C14H24N4O2/c1-6-15-14(20)10(3)16-13(19)8-7-12-9(2)17-18(5)11(12)4/h10H,6-8H2,1-5H3,(H,15,20)(H,16,19). The van der Waals surface area contributed by atoms with Crippen molar-refractivity contribution in [1.82, 2.24) is 20.4 Å². The number of likely N-dealkylation sites (N-methyl/N-ethyl adjacent to an activating group) is 1. The lowest BCUT2D eigenvalue weighted by Crippen LogP contribution is -2.44. The predicted molar refractivity (Wildman–Crippen MR) is 77.3 cm³/mol. The SMILES string of the molecule is CCNC(=O)C(C)NC(=O)CCc1c(C)nn(C)c1C. The second kappa shape index (κ2) is 7.07. The van der Waals surface area contributed by atoms with Crippen LogP contribution in [0.15, 0.2) is 0 Å². The normalized spacial score (nSPS) is 12.1. The molecule has 1 unspecified atom stereocenters. The molecule has 1 atom stereocenters. The van der Waals surface area contributed by atoms with Crippen molar-refractivity contribution in [3.05, 3.63) is 17.0 Å². The van der Waals surface area contributed by atoms with Crippen molar-refractivity contribution in [3.8, 4) is 0 Å². The lowest BCUT2D eigenvalue weighted by atomic mass is 10.1. The van der Waals surface area contributed by atoms with Gasteiger partial charge in [-0.15, -0.1) is 0 Å². The van der Waals surface area contributed by atoms with E-state index < -0.39 is 6.04 Å². The second-order valence-corrected chi connectivity index (χ2v) is 4.96. The molecule has 2 amide bonds. The molecule has 6 heteroatoms. The van der Waals surface area contributed by atoms with Crippen LogP contribution in [0.5, 0.6) is 0 Å². The van der Waals surface area contributed by atoms with Gasteiger partial charge in [0.25, 0.3) is 0 Å². The molecule has 1 rings (SSSR count). The van der Waals surface area contributed by atoms with Gasteiger partial charge in [-0.1, -0.05) is 0 Å². The van der Waals surface area contributed by atoms with E-state index in [4.69, 9.17) is 0 Å². The van der Waals surface area contributed by atoms with Crippen molar-refractivity contribution in [1.29, 1.82) is 0 Å². The third-order valence-electron chi connectivity index (χ3n) is 3.38. The first-order valence-corrected chi connectivity index (χ1v) is 6.93. The number of rotatable bonds is 6. The molecule has 112 valence electrons. The highest BCUT2D eigenvalue weighted by Crippen LogP contribution is 2.13. The zero-order valence-corrected chi connectivity index (χ0v) is 12.9. The van der Waals surface area contributed by atoms with Gasteiger partial charge in [0, 0.05) is 25.7 Å². The summed E-state index contributed by atoms with van der Waals surface area (Å²) < 4.78 is 1.82. The fraction of sp³-hybridized carbons (Fsp3) is 0.643. The highest BCUT2D eigenvalue weighted by molar-refractivity contribution is 5.87. The van der Waals surface area contributed by atoms with E-state index >= 15 is 0 Å². The summed E-state index contributed by atoms with van der Waals surface area (Å²) in [6.45, 7) is 8.03. The van der Waals surface area contributed by atoms with Gasteiger partial charge in [-0.2, -0.15) is 5.10 Å². The van der Waals surface area contributed by atoms with Crippen LogP contribution in [-0.4, -0.2) is 34.2 Å². The smallest absolute Gasteiger partial charge is 0.242 e. The van der Waals surface area contributed by atoms with Crippen molar-refractivity contribution >= 4 is 11.8 Å². The van der Waals surface area contributed by atoms with Crippen LogP contribution in [-0.2, 0) is 23.1 Å². The molecule has 0 aliphatic rings. The maximum absolute atomic E-state index is 11.8. The van der Waals surface area contributed by atoms with E-state index in [1.165, 1.54) is 0 Å². The molecule has 1 aromatic rings. The van der Waals surface area contributed by atoms with Crippen molar-refractivity contribution in [2.75, 3.05) is 6.54 Å². The average molecular weight is 280 g/mol. The van der Waals surface area contributed by atoms with Gasteiger partial charge in [-0.05, 0) is 39.7 Å². The van der Waals surface area contributed by atoms with Crippen molar-refractivity contribution in [2.24, 2.45) is 7.05 Å². The van der Waals surface area contributed by atoms with E-state index in [-0.39, 0.29) is 11.8 Å². The number of nitrogens with one attached hydrogen (secondary N) is 2. The van der Waals surface area contributed by atoms with Crippen LogP contribution in [0.3, 0.4) is 0 Å². The van der Waals surface area contributed by atoms with E-state index in [1.54, 1.807) is 6.92 Å². The topological polar surface area (TPSA) is 76.0 Å². The van der Waals surface area contributed by atoms with Crippen molar-refractivity contribution in [3.63, 3.8) is 0 Å². The van der Waals surface area contributed by atoms with Crippen molar-refractivity contribution in [2.45, 2.75) is 46.6 Å². The number of carbonyl (C=O) groups is 2. The maximum Gasteiger partial charge on any atom is 0.242 e. The molecule has 6 nitrogen and oxygen atoms in total. The number of aromatic nitrogens is 2. The monoisotopic (exact) mass is 280 g/mol. The van der Waals surface area contributed by atoms with Crippen LogP contribution >= 0.6 is 0 Å². The Bertz CT molecular complexity index is 494. The highest BCUT2D eigenvalue weighted by Gasteiger charge is 2.16. The van der Waals surface area contributed by atoms with Crippen LogP contribution in [0.25, 0.3) is 0 Å². The molecular weight excluding hydrogens is 256 g/mol. The first-order valence-electron chi connectivity index (χ1n) is 6.93. The number of aryl methyl sites for hydroxylation is 2. The van der Waals surface area contributed by atoms with Crippen LogP contribution in [0.2, 0.25) is 0 Å². The maximum atomic E-state index is 11.8. The van der Waals surface area contributed by atoms with Crippen LogP contribution in [0.1, 0.15) is 37.2 Å². The Morgan fingerprint density at radius 1 is 1.35 bits per heavy atom. The van der Waals surface area contributed by atoms with Gasteiger partial charge in [0.15, 0.2) is 0 Å². The van der Waals surface area contributed by atoms with E-state index in [2.05, 4.69) is 15.7 Å². The zero-order valence-electron chi connectivity index (χ0n) is 12.9. The Balaban J connectivity index is 2.49. The van der Waals surface area contributed by atoms with Crippen molar-refractivity contribution < 1.29 is 9.59 Å². The molecule has 0 saturated carbocycles. The number of amides is 2. The highest BCUT2D eigenvalue weighted by atomic mass is 16.2. The molecule has 0 aromatic carbocycles. The molecule has 0 bridgehead atoms. The van der Waals surface area contributed by atoms with E-state index in [9.17, 15) is 9.59 Å². The lowest BCUT2D eigenvalue weighted by Gasteiger charge is -2.13. The van der Waals surface area contributed by atoms with Crippen LogP contribution in [0.4, 0.5) is 0 Å². The Kier molecular flexibility index (Phi) is 5.73. The fourth-order valence-electron chi connectivity index (χ4n) is 2.12. The third kappa shape index (κ3) is 4.08. The van der Waals surface area contributed by atoms with Gasteiger partial charge >= 0.3 is 0 Å².